The van der Waals surface area contributed by atoms with Crippen molar-refractivity contribution in [2.24, 2.45) is 11.7 Å². The molecule has 1 saturated carbocycles. The van der Waals surface area contributed by atoms with Crippen LogP contribution >= 0.6 is 0 Å². The number of amides is 5. The van der Waals surface area contributed by atoms with Crippen molar-refractivity contribution in [1.29, 1.82) is 0 Å². The van der Waals surface area contributed by atoms with Crippen LogP contribution in [0.1, 0.15) is 80.5 Å². The number of rotatable bonds is 5. The van der Waals surface area contributed by atoms with Crippen LogP contribution in [0.3, 0.4) is 0 Å². The van der Waals surface area contributed by atoms with Gasteiger partial charge in [0.2, 0.25) is 11.8 Å². The number of primary amides is 1. The van der Waals surface area contributed by atoms with Crippen molar-refractivity contribution in [3.05, 3.63) is 34.9 Å². The standard InChI is InChI=1S/C25H32N4O7/c1-25(2,3)36-24(34)27-17-6-4-5-16(17)20(35-23(26)33)13-7-8-15-14(11-13)12-29(22(15)32)18-9-10-19(30)28-21(18)31/h7-8,11,16-18,20H,4-6,9-10,12H2,1-3H3,(H2,26,33)(H,27,34)(H,28,30,31)/t16-,17-,18?,20?/m0/s1. The SMILES string of the molecule is CC(C)(C)OC(=O)N[C@H]1CCC[C@@H]1C(OC(N)=O)c1ccc2c(c1)CN(C1CCC(=O)NC1=O)C2=O. The summed E-state index contributed by atoms with van der Waals surface area (Å²) >= 11 is 0. The Kier molecular flexibility index (Phi) is 6.92. The molecule has 0 radical (unpaired) electrons. The van der Waals surface area contributed by atoms with E-state index in [4.69, 9.17) is 15.2 Å². The van der Waals surface area contributed by atoms with Gasteiger partial charge in [0.1, 0.15) is 17.7 Å². The highest BCUT2D eigenvalue weighted by Crippen LogP contribution is 2.40. The van der Waals surface area contributed by atoms with E-state index in [1.165, 1.54) is 4.90 Å². The van der Waals surface area contributed by atoms with Gasteiger partial charge < -0.3 is 25.4 Å². The fourth-order valence-electron chi connectivity index (χ4n) is 5.29. The summed E-state index contributed by atoms with van der Waals surface area (Å²) in [5, 5.41) is 5.19. The lowest BCUT2D eigenvalue weighted by atomic mass is 9.89. The summed E-state index contributed by atoms with van der Waals surface area (Å²) in [6.07, 6.45) is 0.411. The lowest BCUT2D eigenvalue weighted by Crippen LogP contribution is -2.52. The van der Waals surface area contributed by atoms with Gasteiger partial charge in [-0.15, -0.1) is 0 Å². The maximum Gasteiger partial charge on any atom is 0.407 e. The maximum atomic E-state index is 13.0. The highest BCUT2D eigenvalue weighted by molar-refractivity contribution is 6.05. The molecule has 0 spiro atoms. The third-order valence-electron chi connectivity index (χ3n) is 6.78. The smallest absolute Gasteiger partial charge is 0.407 e. The molecular weight excluding hydrogens is 468 g/mol. The molecule has 1 aromatic rings. The maximum absolute atomic E-state index is 13.0. The van der Waals surface area contributed by atoms with Crippen LogP contribution in [-0.2, 0) is 25.6 Å². The Morgan fingerprint density at radius 2 is 1.92 bits per heavy atom. The number of ether oxygens (including phenoxy) is 2. The lowest BCUT2D eigenvalue weighted by molar-refractivity contribution is -0.136. The lowest BCUT2D eigenvalue weighted by Gasteiger charge is -2.30. The molecule has 5 amide bonds. The number of benzene rings is 1. The molecule has 0 aromatic heterocycles. The second kappa shape index (κ2) is 9.79. The molecule has 11 nitrogen and oxygen atoms in total. The number of carbonyl (C=O) groups is 5. The Morgan fingerprint density at radius 3 is 2.58 bits per heavy atom. The van der Waals surface area contributed by atoms with Gasteiger partial charge in [-0.05, 0) is 63.3 Å². The van der Waals surface area contributed by atoms with Crippen LogP contribution in [0.25, 0.3) is 0 Å². The minimum atomic E-state index is -0.940. The highest BCUT2D eigenvalue weighted by Gasteiger charge is 2.41. The number of nitrogens with one attached hydrogen (secondary N) is 2. The average Bonchev–Trinajstić information content (AvgIpc) is 3.34. The molecule has 1 aromatic carbocycles. The van der Waals surface area contributed by atoms with Crippen LogP contribution in [0, 0.1) is 5.92 Å². The zero-order valence-corrected chi connectivity index (χ0v) is 20.7. The number of nitrogens with two attached hydrogens (primary N) is 1. The van der Waals surface area contributed by atoms with Gasteiger partial charge >= 0.3 is 12.2 Å². The van der Waals surface area contributed by atoms with E-state index < -0.39 is 35.8 Å². The summed E-state index contributed by atoms with van der Waals surface area (Å²) in [5.74, 6) is -1.36. The number of hydrogen-bond donors (Lipinski definition) is 3. The van der Waals surface area contributed by atoms with Gasteiger partial charge in [0.15, 0.2) is 0 Å². The van der Waals surface area contributed by atoms with Crippen LogP contribution in [0.4, 0.5) is 9.59 Å². The van der Waals surface area contributed by atoms with Crippen LogP contribution in [0.5, 0.6) is 0 Å². The monoisotopic (exact) mass is 500 g/mol. The third-order valence-corrected chi connectivity index (χ3v) is 6.78. The fourth-order valence-corrected chi connectivity index (χ4v) is 5.29. The van der Waals surface area contributed by atoms with Crippen LogP contribution < -0.4 is 16.4 Å². The molecule has 1 saturated heterocycles. The number of alkyl carbamates (subject to hydrolysis) is 1. The fraction of sp³-hybridized carbons (Fsp3) is 0.560. The molecule has 194 valence electrons. The molecule has 36 heavy (non-hydrogen) atoms. The Bertz CT molecular complexity index is 1100. The molecule has 4 atom stereocenters. The topological polar surface area (TPSA) is 157 Å². The van der Waals surface area contributed by atoms with Crippen molar-refractivity contribution in [3.63, 3.8) is 0 Å². The molecule has 2 unspecified atom stereocenters. The number of fused-ring (bicyclic) bond motifs is 1. The van der Waals surface area contributed by atoms with E-state index in [0.29, 0.717) is 29.5 Å². The Morgan fingerprint density at radius 1 is 1.17 bits per heavy atom. The molecule has 2 fully saturated rings. The Balaban J connectivity index is 1.55. The Labute approximate surface area is 209 Å². The van der Waals surface area contributed by atoms with Crippen molar-refractivity contribution in [1.82, 2.24) is 15.5 Å². The van der Waals surface area contributed by atoms with Crippen LogP contribution in [-0.4, -0.2) is 52.5 Å². The third kappa shape index (κ3) is 5.44. The Hall–Kier alpha value is -3.63. The van der Waals surface area contributed by atoms with E-state index in [2.05, 4.69) is 10.6 Å². The predicted molar refractivity (Wildman–Crippen MR) is 126 cm³/mol. The van der Waals surface area contributed by atoms with Gasteiger partial charge in [-0.1, -0.05) is 12.5 Å². The number of carbonyl (C=O) groups excluding carboxylic acids is 5. The second-order valence-electron chi connectivity index (χ2n) is 10.5. The van der Waals surface area contributed by atoms with Gasteiger partial charge in [-0.2, -0.15) is 0 Å². The molecule has 2 heterocycles. The van der Waals surface area contributed by atoms with Crippen molar-refractivity contribution < 1.29 is 33.4 Å². The van der Waals surface area contributed by atoms with Gasteiger partial charge in [0.05, 0.1) is 0 Å². The van der Waals surface area contributed by atoms with Crippen molar-refractivity contribution >= 4 is 29.9 Å². The van der Waals surface area contributed by atoms with Crippen LogP contribution in [0.2, 0.25) is 0 Å². The highest BCUT2D eigenvalue weighted by atomic mass is 16.6. The van der Waals surface area contributed by atoms with Gasteiger partial charge in [0, 0.05) is 30.5 Å². The van der Waals surface area contributed by atoms with E-state index in [-0.39, 0.29) is 43.2 Å². The minimum absolute atomic E-state index is 0.171. The quantitative estimate of drug-likeness (QED) is 0.523. The number of nitrogens with zero attached hydrogens (tertiary/aromatic N) is 1. The van der Waals surface area contributed by atoms with Gasteiger partial charge in [-0.3, -0.25) is 19.7 Å². The van der Waals surface area contributed by atoms with Gasteiger partial charge in [0.25, 0.3) is 5.91 Å². The first-order valence-corrected chi connectivity index (χ1v) is 12.2. The summed E-state index contributed by atoms with van der Waals surface area (Å²) in [6.45, 7) is 5.53. The predicted octanol–water partition coefficient (Wildman–Crippen LogP) is 2.28. The molecule has 1 aliphatic carbocycles. The van der Waals surface area contributed by atoms with E-state index in [0.717, 1.165) is 6.42 Å². The van der Waals surface area contributed by atoms with E-state index in [1.54, 1.807) is 39.0 Å². The first-order valence-electron chi connectivity index (χ1n) is 12.2. The average molecular weight is 501 g/mol. The summed E-state index contributed by atoms with van der Waals surface area (Å²) in [5.41, 5.74) is 6.54. The van der Waals surface area contributed by atoms with Crippen molar-refractivity contribution in [3.8, 4) is 0 Å². The molecule has 3 aliphatic rings. The summed E-state index contributed by atoms with van der Waals surface area (Å²) in [7, 11) is 0. The number of piperidine rings is 1. The number of imide groups is 1. The molecule has 0 bridgehead atoms. The summed E-state index contributed by atoms with van der Waals surface area (Å²) in [4.78, 5) is 62.5. The molecule has 4 rings (SSSR count). The zero-order valence-electron chi connectivity index (χ0n) is 20.7. The number of hydrogen-bond acceptors (Lipinski definition) is 7. The molecular formula is C25H32N4O7. The van der Waals surface area contributed by atoms with E-state index >= 15 is 0 Å². The van der Waals surface area contributed by atoms with E-state index in [1.807, 2.05) is 0 Å². The summed E-state index contributed by atoms with van der Waals surface area (Å²) in [6, 6.07) is 4.14. The molecule has 11 heteroatoms. The van der Waals surface area contributed by atoms with Crippen LogP contribution in [0.15, 0.2) is 18.2 Å². The normalized spacial score (nSPS) is 24.7. The van der Waals surface area contributed by atoms with Gasteiger partial charge in [-0.25, -0.2) is 9.59 Å². The minimum Gasteiger partial charge on any atom is -0.444 e. The van der Waals surface area contributed by atoms with Crippen molar-refractivity contribution in [2.45, 2.75) is 83.2 Å². The van der Waals surface area contributed by atoms with Crippen molar-refractivity contribution in [2.75, 3.05) is 0 Å². The van der Waals surface area contributed by atoms with E-state index in [9.17, 15) is 24.0 Å². The first kappa shape index (κ1) is 25.5. The second-order valence-corrected chi connectivity index (χ2v) is 10.5. The largest absolute Gasteiger partial charge is 0.444 e. The first-order chi connectivity index (χ1) is 16.9. The molecule has 4 N–H and O–H groups in total. The summed E-state index contributed by atoms with van der Waals surface area (Å²) < 4.78 is 10.9. The molecule has 2 aliphatic heterocycles. The zero-order chi connectivity index (χ0) is 26.2.